The molecule has 0 radical (unpaired) electrons. The minimum absolute atomic E-state index is 0.127. The second-order valence-corrected chi connectivity index (χ2v) is 7.24. The van der Waals surface area contributed by atoms with Gasteiger partial charge in [0.15, 0.2) is 0 Å². The molecule has 21 heavy (non-hydrogen) atoms. The fraction of sp³-hybridized carbons (Fsp3) is 0.786. The quantitative estimate of drug-likeness (QED) is 0.622. The molecule has 0 saturated carbocycles. The van der Waals surface area contributed by atoms with E-state index in [1.54, 1.807) is 12.0 Å². The Morgan fingerprint density at radius 3 is 2.43 bits per heavy atom. The van der Waals surface area contributed by atoms with E-state index >= 15 is 0 Å². The lowest BCUT2D eigenvalue weighted by atomic mass is 10.2. The van der Waals surface area contributed by atoms with E-state index in [-0.39, 0.29) is 17.8 Å². The Morgan fingerprint density at radius 2 is 1.95 bits per heavy atom. The number of nitrogens with zero attached hydrogens (tertiary/aromatic N) is 2. The smallest absolute Gasteiger partial charge is 0.246 e. The summed E-state index contributed by atoms with van der Waals surface area (Å²) in [7, 11) is -1.59. The SMILES string of the molecule is C=CC(=O)N1CCN(S(=O)(=O)CCCC(CC)OC)CC1. The number of piperazine rings is 1. The minimum atomic E-state index is -3.24. The van der Waals surface area contributed by atoms with Crippen LogP contribution in [0.1, 0.15) is 26.2 Å². The van der Waals surface area contributed by atoms with Crippen molar-refractivity contribution in [1.82, 2.24) is 9.21 Å². The van der Waals surface area contributed by atoms with Crippen LogP contribution in [-0.2, 0) is 19.6 Å². The monoisotopic (exact) mass is 318 g/mol. The molecule has 6 nitrogen and oxygen atoms in total. The molecule has 1 rings (SSSR count). The van der Waals surface area contributed by atoms with Crippen LogP contribution in [0.3, 0.4) is 0 Å². The molecule has 7 heteroatoms. The van der Waals surface area contributed by atoms with Crippen molar-refractivity contribution >= 4 is 15.9 Å². The van der Waals surface area contributed by atoms with Gasteiger partial charge in [-0.2, -0.15) is 4.31 Å². The van der Waals surface area contributed by atoms with E-state index in [1.165, 1.54) is 10.4 Å². The van der Waals surface area contributed by atoms with Gasteiger partial charge in [-0.25, -0.2) is 8.42 Å². The highest BCUT2D eigenvalue weighted by Gasteiger charge is 2.27. The molecule has 1 aliphatic heterocycles. The summed E-state index contributed by atoms with van der Waals surface area (Å²) in [5, 5.41) is 0. The third-order valence-corrected chi connectivity index (χ3v) is 5.79. The van der Waals surface area contributed by atoms with E-state index in [0.29, 0.717) is 32.6 Å². The zero-order valence-electron chi connectivity index (χ0n) is 13.0. The van der Waals surface area contributed by atoms with Crippen LogP contribution in [0.4, 0.5) is 0 Å². The lowest BCUT2D eigenvalue weighted by molar-refractivity contribution is -0.127. The molecule has 0 aromatic heterocycles. The first-order valence-electron chi connectivity index (χ1n) is 7.36. The van der Waals surface area contributed by atoms with Gasteiger partial charge in [-0.3, -0.25) is 4.79 Å². The molecular weight excluding hydrogens is 292 g/mol. The predicted octanol–water partition coefficient (Wildman–Crippen LogP) is 0.852. The molecule has 1 amide bonds. The van der Waals surface area contributed by atoms with Gasteiger partial charge >= 0.3 is 0 Å². The molecule has 1 aliphatic rings. The lowest BCUT2D eigenvalue weighted by Crippen LogP contribution is -2.50. The highest BCUT2D eigenvalue weighted by molar-refractivity contribution is 7.89. The van der Waals surface area contributed by atoms with Crippen LogP contribution >= 0.6 is 0 Å². The van der Waals surface area contributed by atoms with Gasteiger partial charge in [0.25, 0.3) is 0 Å². The van der Waals surface area contributed by atoms with Crippen LogP contribution in [0.5, 0.6) is 0 Å². The van der Waals surface area contributed by atoms with Crippen molar-refractivity contribution < 1.29 is 17.9 Å². The summed E-state index contributed by atoms with van der Waals surface area (Å²) < 4.78 is 31.2. The van der Waals surface area contributed by atoms with E-state index < -0.39 is 10.0 Å². The molecule has 0 aromatic carbocycles. The number of methoxy groups -OCH3 is 1. The lowest BCUT2D eigenvalue weighted by Gasteiger charge is -2.33. The van der Waals surface area contributed by atoms with Gasteiger partial charge in [0.05, 0.1) is 11.9 Å². The van der Waals surface area contributed by atoms with Crippen LogP contribution in [0.15, 0.2) is 12.7 Å². The predicted molar refractivity (Wildman–Crippen MR) is 82.5 cm³/mol. The zero-order valence-corrected chi connectivity index (χ0v) is 13.8. The number of rotatable bonds is 8. The molecule has 1 atom stereocenters. The molecule has 0 aliphatic carbocycles. The second kappa shape index (κ2) is 8.51. The molecule has 1 fully saturated rings. The number of sulfonamides is 1. The Bertz CT molecular complexity index is 438. The average Bonchev–Trinajstić information content (AvgIpc) is 2.51. The number of carbonyl (C=O) groups excluding carboxylic acids is 1. The first kappa shape index (κ1) is 18.1. The second-order valence-electron chi connectivity index (χ2n) is 5.15. The third-order valence-electron chi connectivity index (χ3n) is 3.84. The van der Waals surface area contributed by atoms with Gasteiger partial charge in [0.1, 0.15) is 0 Å². The third kappa shape index (κ3) is 5.41. The maximum atomic E-state index is 12.3. The van der Waals surface area contributed by atoms with Crippen LogP contribution < -0.4 is 0 Å². The van der Waals surface area contributed by atoms with Crippen molar-refractivity contribution in [1.29, 1.82) is 0 Å². The summed E-state index contributed by atoms with van der Waals surface area (Å²) in [4.78, 5) is 13.1. The van der Waals surface area contributed by atoms with Gasteiger partial charge < -0.3 is 9.64 Å². The van der Waals surface area contributed by atoms with Crippen LogP contribution in [0.2, 0.25) is 0 Å². The van der Waals surface area contributed by atoms with Gasteiger partial charge in [0, 0.05) is 33.3 Å². The number of hydrogen-bond acceptors (Lipinski definition) is 4. The number of amides is 1. The number of carbonyl (C=O) groups is 1. The van der Waals surface area contributed by atoms with Crippen molar-refractivity contribution in [2.24, 2.45) is 0 Å². The molecule has 0 bridgehead atoms. The molecule has 0 aromatic rings. The highest BCUT2D eigenvalue weighted by Crippen LogP contribution is 2.12. The Kier molecular flexibility index (Phi) is 7.34. The average molecular weight is 318 g/mol. The van der Waals surface area contributed by atoms with Gasteiger partial charge in [-0.15, -0.1) is 0 Å². The van der Waals surface area contributed by atoms with Crippen LogP contribution in [0.25, 0.3) is 0 Å². The summed E-state index contributed by atoms with van der Waals surface area (Å²) in [5.41, 5.74) is 0. The normalized spacial score (nSPS) is 18.5. The maximum absolute atomic E-state index is 12.3. The Balaban J connectivity index is 2.42. The summed E-state index contributed by atoms with van der Waals surface area (Å²) in [5.74, 6) is 0.000330. The van der Waals surface area contributed by atoms with Gasteiger partial charge in [-0.05, 0) is 25.3 Å². The molecule has 1 saturated heterocycles. The Labute approximate surface area is 127 Å². The Morgan fingerprint density at radius 1 is 1.33 bits per heavy atom. The van der Waals surface area contributed by atoms with E-state index in [2.05, 4.69) is 6.58 Å². The van der Waals surface area contributed by atoms with Crippen molar-refractivity contribution in [3.63, 3.8) is 0 Å². The minimum Gasteiger partial charge on any atom is -0.381 e. The molecule has 122 valence electrons. The molecular formula is C14H26N2O4S. The van der Waals surface area contributed by atoms with Crippen molar-refractivity contribution in [2.45, 2.75) is 32.3 Å². The summed E-state index contributed by atoms with van der Waals surface area (Å²) in [6, 6.07) is 0. The molecule has 0 N–H and O–H groups in total. The Hall–Kier alpha value is -0.920. The largest absolute Gasteiger partial charge is 0.381 e. The van der Waals surface area contributed by atoms with Crippen molar-refractivity contribution in [2.75, 3.05) is 39.0 Å². The highest BCUT2D eigenvalue weighted by atomic mass is 32.2. The fourth-order valence-electron chi connectivity index (χ4n) is 2.43. The molecule has 1 unspecified atom stereocenters. The van der Waals surface area contributed by atoms with E-state index in [9.17, 15) is 13.2 Å². The molecule has 0 spiro atoms. The topological polar surface area (TPSA) is 66.9 Å². The first-order chi connectivity index (χ1) is 9.94. The summed E-state index contributed by atoms with van der Waals surface area (Å²) in [6.45, 7) is 7.06. The fourth-order valence-corrected chi connectivity index (χ4v) is 3.94. The summed E-state index contributed by atoms with van der Waals surface area (Å²) >= 11 is 0. The number of hydrogen-bond donors (Lipinski definition) is 0. The zero-order chi connectivity index (χ0) is 15.9. The summed E-state index contributed by atoms with van der Waals surface area (Å²) in [6.07, 6.45) is 3.63. The van der Waals surface area contributed by atoms with Gasteiger partial charge in [0.2, 0.25) is 15.9 Å². The van der Waals surface area contributed by atoms with Gasteiger partial charge in [-0.1, -0.05) is 13.5 Å². The van der Waals surface area contributed by atoms with E-state index in [4.69, 9.17) is 4.74 Å². The van der Waals surface area contributed by atoms with Crippen molar-refractivity contribution in [3.05, 3.63) is 12.7 Å². The van der Waals surface area contributed by atoms with Crippen LogP contribution in [-0.4, -0.2) is 68.7 Å². The van der Waals surface area contributed by atoms with Crippen molar-refractivity contribution in [3.8, 4) is 0 Å². The van der Waals surface area contributed by atoms with E-state index in [1.807, 2.05) is 6.92 Å². The van der Waals surface area contributed by atoms with E-state index in [0.717, 1.165) is 12.8 Å². The van der Waals surface area contributed by atoms with Crippen LogP contribution in [0, 0.1) is 0 Å². The maximum Gasteiger partial charge on any atom is 0.246 e. The first-order valence-corrected chi connectivity index (χ1v) is 8.97. The molecule has 1 heterocycles. The standard InChI is InChI=1S/C14H26N2O4S/c1-4-13(20-3)7-6-12-21(18,19)16-10-8-15(9-11-16)14(17)5-2/h5,13H,2,4,6-12H2,1,3H3. The number of ether oxygens (including phenoxy) is 1.